The third-order valence-corrected chi connectivity index (χ3v) is 6.19. The van der Waals surface area contributed by atoms with E-state index in [9.17, 15) is 8.42 Å². The molecule has 7 nitrogen and oxygen atoms in total. The Morgan fingerprint density at radius 3 is 2.42 bits per heavy atom. The van der Waals surface area contributed by atoms with Crippen LogP contribution in [0, 0.1) is 6.92 Å². The standard InChI is InChI=1S/C23H34N4O3S/c1-17(2)27-31(28,29)16-21-9-7-6-8-20(21)15-26-23(24-4)25-13-12-19-14-18(3)10-11-22(19)30-5/h6-11,14,17,27H,12-13,15-16H2,1-5H3,(H2,24,25,26). The van der Waals surface area contributed by atoms with Gasteiger partial charge in [-0.05, 0) is 49.9 Å². The van der Waals surface area contributed by atoms with E-state index in [1.165, 1.54) is 5.56 Å². The zero-order valence-corrected chi connectivity index (χ0v) is 19.8. The molecule has 0 spiro atoms. The smallest absolute Gasteiger partial charge is 0.216 e. The summed E-state index contributed by atoms with van der Waals surface area (Å²) in [6.07, 6.45) is 0.793. The molecule has 2 aromatic carbocycles. The van der Waals surface area contributed by atoms with Crippen molar-refractivity contribution in [1.82, 2.24) is 15.4 Å². The lowest BCUT2D eigenvalue weighted by Crippen LogP contribution is -2.38. The van der Waals surface area contributed by atoms with Crippen molar-refractivity contribution < 1.29 is 13.2 Å². The van der Waals surface area contributed by atoms with Crippen molar-refractivity contribution in [3.05, 3.63) is 64.7 Å². The van der Waals surface area contributed by atoms with E-state index in [1.807, 2.05) is 50.2 Å². The first-order valence-corrected chi connectivity index (χ1v) is 12.0. The molecule has 0 amide bonds. The number of nitrogens with one attached hydrogen (secondary N) is 3. The molecular weight excluding hydrogens is 412 g/mol. The van der Waals surface area contributed by atoms with Crippen molar-refractivity contribution in [3.63, 3.8) is 0 Å². The third kappa shape index (κ3) is 8.22. The minimum Gasteiger partial charge on any atom is -0.496 e. The van der Waals surface area contributed by atoms with Crippen molar-refractivity contribution >= 4 is 16.0 Å². The lowest BCUT2D eigenvalue weighted by Gasteiger charge is -2.16. The van der Waals surface area contributed by atoms with Crippen LogP contribution in [0.15, 0.2) is 47.5 Å². The normalized spacial score (nSPS) is 12.1. The van der Waals surface area contributed by atoms with Crippen molar-refractivity contribution in [2.45, 2.75) is 45.5 Å². The van der Waals surface area contributed by atoms with Crippen LogP contribution in [0.2, 0.25) is 0 Å². The minimum atomic E-state index is -3.39. The number of rotatable bonds is 10. The Morgan fingerprint density at radius 1 is 1.06 bits per heavy atom. The van der Waals surface area contributed by atoms with Crippen LogP contribution < -0.4 is 20.1 Å². The molecule has 0 aliphatic carbocycles. The molecule has 0 bridgehead atoms. The molecule has 8 heteroatoms. The van der Waals surface area contributed by atoms with Crippen LogP contribution in [0.1, 0.15) is 36.1 Å². The molecule has 2 aromatic rings. The number of nitrogens with zero attached hydrogens (tertiary/aromatic N) is 1. The van der Waals surface area contributed by atoms with Crippen molar-refractivity contribution in [3.8, 4) is 5.75 Å². The molecule has 2 rings (SSSR count). The summed E-state index contributed by atoms with van der Waals surface area (Å²) < 4.78 is 32.7. The van der Waals surface area contributed by atoms with Crippen LogP contribution in [-0.4, -0.2) is 41.1 Å². The second kappa shape index (κ2) is 11.7. The fourth-order valence-electron chi connectivity index (χ4n) is 3.29. The van der Waals surface area contributed by atoms with E-state index in [-0.39, 0.29) is 11.8 Å². The van der Waals surface area contributed by atoms with Crippen LogP contribution in [0.5, 0.6) is 5.75 Å². The summed E-state index contributed by atoms with van der Waals surface area (Å²) in [5.41, 5.74) is 4.01. The zero-order valence-electron chi connectivity index (χ0n) is 19.0. The number of hydrogen-bond donors (Lipinski definition) is 3. The number of benzene rings is 2. The number of aryl methyl sites for hydroxylation is 1. The fraction of sp³-hybridized carbons (Fsp3) is 0.435. The maximum absolute atomic E-state index is 12.3. The largest absolute Gasteiger partial charge is 0.496 e. The summed E-state index contributed by atoms with van der Waals surface area (Å²) in [4.78, 5) is 4.27. The monoisotopic (exact) mass is 446 g/mol. The summed E-state index contributed by atoms with van der Waals surface area (Å²) in [6.45, 7) is 6.85. The van der Waals surface area contributed by atoms with Crippen molar-refractivity contribution in [1.29, 1.82) is 0 Å². The van der Waals surface area contributed by atoms with Crippen LogP contribution in [0.3, 0.4) is 0 Å². The van der Waals surface area contributed by atoms with Gasteiger partial charge in [0.2, 0.25) is 10.0 Å². The van der Waals surface area contributed by atoms with Crippen molar-refractivity contribution in [2.75, 3.05) is 20.7 Å². The molecule has 0 radical (unpaired) electrons. The van der Waals surface area contributed by atoms with Gasteiger partial charge in [0.25, 0.3) is 0 Å². The Morgan fingerprint density at radius 2 is 1.77 bits per heavy atom. The van der Waals surface area contributed by atoms with Gasteiger partial charge < -0.3 is 15.4 Å². The van der Waals surface area contributed by atoms with E-state index < -0.39 is 10.0 Å². The van der Waals surface area contributed by atoms with E-state index in [1.54, 1.807) is 14.2 Å². The van der Waals surface area contributed by atoms with Gasteiger partial charge in [0.05, 0.1) is 12.9 Å². The molecule has 0 aliphatic heterocycles. The summed E-state index contributed by atoms with van der Waals surface area (Å²) in [7, 11) is -0.000234. The van der Waals surface area contributed by atoms with Gasteiger partial charge in [0.1, 0.15) is 5.75 Å². The number of methoxy groups -OCH3 is 1. The molecule has 0 saturated heterocycles. The summed E-state index contributed by atoms with van der Waals surface area (Å²) in [5, 5.41) is 6.58. The highest BCUT2D eigenvalue weighted by atomic mass is 32.2. The predicted octanol–water partition coefficient (Wildman–Crippen LogP) is 2.74. The lowest BCUT2D eigenvalue weighted by molar-refractivity contribution is 0.409. The van der Waals surface area contributed by atoms with Gasteiger partial charge in [0, 0.05) is 26.2 Å². The lowest BCUT2D eigenvalue weighted by atomic mass is 10.1. The van der Waals surface area contributed by atoms with Gasteiger partial charge >= 0.3 is 0 Å². The number of hydrogen-bond acceptors (Lipinski definition) is 4. The van der Waals surface area contributed by atoms with Crippen LogP contribution >= 0.6 is 0 Å². The quantitative estimate of drug-likeness (QED) is 0.386. The summed E-state index contributed by atoms with van der Waals surface area (Å²) >= 11 is 0. The van der Waals surface area contributed by atoms with Gasteiger partial charge in [-0.2, -0.15) is 0 Å². The maximum Gasteiger partial charge on any atom is 0.216 e. The summed E-state index contributed by atoms with van der Waals surface area (Å²) in [5.74, 6) is 1.48. The highest BCUT2D eigenvalue weighted by molar-refractivity contribution is 7.88. The molecule has 0 saturated carbocycles. The SMILES string of the molecule is CN=C(NCCc1cc(C)ccc1OC)NCc1ccccc1CS(=O)(=O)NC(C)C. The molecule has 3 N–H and O–H groups in total. The third-order valence-electron chi connectivity index (χ3n) is 4.67. The Hall–Kier alpha value is -2.58. The average molecular weight is 447 g/mol. The first-order valence-electron chi connectivity index (χ1n) is 10.4. The molecule has 0 heterocycles. The Kier molecular flexibility index (Phi) is 9.33. The first kappa shape index (κ1) is 24.7. The molecule has 0 aromatic heterocycles. The van der Waals surface area contributed by atoms with E-state index >= 15 is 0 Å². The Bertz CT molecular complexity index is 988. The van der Waals surface area contributed by atoms with Gasteiger partial charge in [-0.15, -0.1) is 0 Å². The number of guanidine groups is 1. The summed E-state index contributed by atoms with van der Waals surface area (Å²) in [6, 6.07) is 13.5. The Labute approximate surface area is 186 Å². The molecule has 0 aliphatic rings. The number of ether oxygens (including phenoxy) is 1. The van der Waals surface area contributed by atoms with Gasteiger partial charge in [-0.1, -0.05) is 42.0 Å². The van der Waals surface area contributed by atoms with Crippen LogP contribution in [0.25, 0.3) is 0 Å². The molecule has 31 heavy (non-hydrogen) atoms. The van der Waals surface area contributed by atoms with E-state index in [4.69, 9.17) is 4.74 Å². The Balaban J connectivity index is 1.95. The number of aliphatic imine (C=N–C) groups is 1. The maximum atomic E-state index is 12.3. The zero-order chi connectivity index (χ0) is 22.9. The molecule has 0 fully saturated rings. The highest BCUT2D eigenvalue weighted by Gasteiger charge is 2.15. The predicted molar refractivity (Wildman–Crippen MR) is 127 cm³/mol. The minimum absolute atomic E-state index is 0.0534. The van der Waals surface area contributed by atoms with Crippen LogP contribution in [-0.2, 0) is 28.7 Å². The first-order chi connectivity index (χ1) is 14.7. The molecular formula is C23H34N4O3S. The number of sulfonamides is 1. The van der Waals surface area contributed by atoms with E-state index in [2.05, 4.69) is 33.3 Å². The van der Waals surface area contributed by atoms with Gasteiger partial charge in [-0.3, -0.25) is 4.99 Å². The van der Waals surface area contributed by atoms with Gasteiger partial charge in [0.15, 0.2) is 5.96 Å². The second-order valence-corrected chi connectivity index (χ2v) is 9.47. The van der Waals surface area contributed by atoms with E-state index in [0.29, 0.717) is 19.0 Å². The van der Waals surface area contributed by atoms with E-state index in [0.717, 1.165) is 28.9 Å². The molecule has 0 atom stereocenters. The fourth-order valence-corrected chi connectivity index (χ4v) is 4.79. The van der Waals surface area contributed by atoms with Crippen molar-refractivity contribution in [2.24, 2.45) is 4.99 Å². The molecule has 170 valence electrons. The average Bonchev–Trinajstić information content (AvgIpc) is 2.70. The molecule has 0 unspecified atom stereocenters. The van der Waals surface area contributed by atoms with Gasteiger partial charge in [-0.25, -0.2) is 13.1 Å². The second-order valence-electron chi connectivity index (χ2n) is 7.72. The highest BCUT2D eigenvalue weighted by Crippen LogP contribution is 2.19. The topological polar surface area (TPSA) is 91.8 Å². The van der Waals surface area contributed by atoms with Crippen LogP contribution in [0.4, 0.5) is 0 Å².